The minimum absolute atomic E-state index is 0.251. The molecule has 0 saturated carbocycles. The lowest BCUT2D eigenvalue weighted by molar-refractivity contribution is 0.114. The summed E-state index contributed by atoms with van der Waals surface area (Å²) >= 11 is 5.96. The van der Waals surface area contributed by atoms with E-state index in [0.29, 0.717) is 17.3 Å². The highest BCUT2D eigenvalue weighted by Crippen LogP contribution is 2.22. The minimum Gasteiger partial charge on any atom is -0.380 e. The van der Waals surface area contributed by atoms with Crippen molar-refractivity contribution in [1.29, 1.82) is 5.26 Å². The first-order chi connectivity index (χ1) is 10.1. The zero-order valence-corrected chi connectivity index (χ0v) is 12.2. The lowest BCUT2D eigenvalue weighted by Gasteiger charge is -2.18. The molecule has 0 radical (unpaired) electrons. The molecule has 0 heterocycles. The van der Waals surface area contributed by atoms with Crippen molar-refractivity contribution in [3.05, 3.63) is 64.4 Å². The Bertz CT molecular complexity index is 670. The maximum Gasteiger partial charge on any atom is 0.147 e. The van der Waals surface area contributed by atoms with Crippen LogP contribution in [0.25, 0.3) is 0 Å². The van der Waals surface area contributed by atoms with Gasteiger partial charge in [-0.3, -0.25) is 0 Å². The van der Waals surface area contributed by atoms with Crippen LogP contribution >= 0.6 is 11.6 Å². The van der Waals surface area contributed by atoms with Crippen LogP contribution in [0.15, 0.2) is 42.5 Å². The van der Waals surface area contributed by atoms with E-state index in [9.17, 15) is 4.39 Å². The molecule has 1 atom stereocenters. The third-order valence-electron chi connectivity index (χ3n) is 3.08. The van der Waals surface area contributed by atoms with Crippen molar-refractivity contribution in [2.24, 2.45) is 0 Å². The molecule has 3 nitrogen and oxygen atoms in total. The second-order valence-electron chi connectivity index (χ2n) is 4.47. The van der Waals surface area contributed by atoms with Gasteiger partial charge in [0.1, 0.15) is 5.82 Å². The van der Waals surface area contributed by atoms with Gasteiger partial charge in [-0.1, -0.05) is 23.7 Å². The van der Waals surface area contributed by atoms with Gasteiger partial charge in [0.05, 0.1) is 23.4 Å². The Morgan fingerprint density at radius 3 is 2.76 bits per heavy atom. The van der Waals surface area contributed by atoms with Crippen molar-refractivity contribution in [2.75, 3.05) is 19.0 Å². The molecule has 2 rings (SSSR count). The van der Waals surface area contributed by atoms with Crippen LogP contribution in [0.4, 0.5) is 10.1 Å². The number of benzene rings is 2. The van der Waals surface area contributed by atoms with E-state index in [1.54, 1.807) is 25.3 Å². The molecule has 0 bridgehead atoms. The van der Waals surface area contributed by atoms with Crippen LogP contribution in [-0.4, -0.2) is 13.7 Å². The van der Waals surface area contributed by atoms with Gasteiger partial charge in [0.15, 0.2) is 0 Å². The molecule has 21 heavy (non-hydrogen) atoms. The SMILES string of the molecule is COC(CNc1ccc(C#N)cc1F)c1cccc(Cl)c1. The quantitative estimate of drug-likeness (QED) is 0.902. The zero-order valence-electron chi connectivity index (χ0n) is 11.4. The fraction of sp³-hybridized carbons (Fsp3) is 0.188. The average Bonchev–Trinajstić information content (AvgIpc) is 2.49. The van der Waals surface area contributed by atoms with E-state index >= 15 is 0 Å². The lowest BCUT2D eigenvalue weighted by atomic mass is 10.1. The third-order valence-corrected chi connectivity index (χ3v) is 3.32. The highest BCUT2D eigenvalue weighted by atomic mass is 35.5. The number of nitriles is 1. The molecular weight excluding hydrogens is 291 g/mol. The Hall–Kier alpha value is -2.09. The monoisotopic (exact) mass is 304 g/mol. The van der Waals surface area contributed by atoms with E-state index < -0.39 is 5.82 Å². The van der Waals surface area contributed by atoms with Crippen LogP contribution in [0.5, 0.6) is 0 Å². The van der Waals surface area contributed by atoms with Crippen LogP contribution in [0.1, 0.15) is 17.2 Å². The first-order valence-electron chi connectivity index (χ1n) is 6.36. The Labute approximate surface area is 127 Å². The van der Waals surface area contributed by atoms with Gasteiger partial charge in [-0.15, -0.1) is 0 Å². The minimum atomic E-state index is -0.463. The molecule has 0 aliphatic carbocycles. The molecule has 1 N–H and O–H groups in total. The van der Waals surface area contributed by atoms with E-state index in [0.717, 1.165) is 5.56 Å². The topological polar surface area (TPSA) is 45.0 Å². The van der Waals surface area contributed by atoms with Gasteiger partial charge >= 0.3 is 0 Å². The van der Waals surface area contributed by atoms with Gasteiger partial charge in [-0.25, -0.2) is 4.39 Å². The number of hydrogen-bond acceptors (Lipinski definition) is 3. The van der Waals surface area contributed by atoms with Crippen molar-refractivity contribution < 1.29 is 9.13 Å². The Kier molecular flexibility index (Phi) is 5.15. The summed E-state index contributed by atoms with van der Waals surface area (Å²) in [6, 6.07) is 13.5. The number of rotatable bonds is 5. The predicted octanol–water partition coefficient (Wildman–Crippen LogP) is 4.15. The number of nitrogens with one attached hydrogen (secondary N) is 1. The lowest BCUT2D eigenvalue weighted by Crippen LogP contribution is -2.15. The van der Waals surface area contributed by atoms with Crippen molar-refractivity contribution in [2.45, 2.75) is 6.10 Å². The molecule has 0 fully saturated rings. The average molecular weight is 305 g/mol. The molecule has 0 aliphatic rings. The Morgan fingerprint density at radius 1 is 1.33 bits per heavy atom. The summed E-state index contributed by atoms with van der Waals surface area (Å²) in [6.07, 6.45) is -0.251. The highest BCUT2D eigenvalue weighted by Gasteiger charge is 2.12. The van der Waals surface area contributed by atoms with Crippen LogP contribution in [-0.2, 0) is 4.74 Å². The molecule has 0 aliphatic heterocycles. The molecule has 108 valence electrons. The van der Waals surface area contributed by atoms with E-state index in [2.05, 4.69) is 5.32 Å². The number of hydrogen-bond donors (Lipinski definition) is 1. The molecule has 5 heteroatoms. The molecule has 0 amide bonds. The first-order valence-corrected chi connectivity index (χ1v) is 6.73. The molecule has 0 spiro atoms. The summed E-state index contributed by atoms with van der Waals surface area (Å²) in [7, 11) is 1.59. The van der Waals surface area contributed by atoms with Gasteiger partial charge in [0.2, 0.25) is 0 Å². The van der Waals surface area contributed by atoms with E-state index in [1.165, 1.54) is 6.07 Å². The van der Waals surface area contributed by atoms with Crippen LogP contribution < -0.4 is 5.32 Å². The number of methoxy groups -OCH3 is 1. The number of ether oxygens (including phenoxy) is 1. The van der Waals surface area contributed by atoms with E-state index in [1.807, 2.05) is 24.3 Å². The van der Waals surface area contributed by atoms with Gasteiger partial charge in [-0.2, -0.15) is 5.26 Å². The van der Waals surface area contributed by atoms with Gasteiger partial charge in [-0.05, 0) is 35.9 Å². The molecule has 2 aromatic rings. The summed E-state index contributed by atoms with van der Waals surface area (Å²) in [5.74, 6) is -0.463. The fourth-order valence-corrected chi connectivity index (χ4v) is 2.17. The van der Waals surface area contributed by atoms with Crippen molar-refractivity contribution in [3.63, 3.8) is 0 Å². The number of halogens is 2. The summed E-state index contributed by atoms with van der Waals surface area (Å²) in [6.45, 7) is 0.389. The van der Waals surface area contributed by atoms with Gasteiger partial charge < -0.3 is 10.1 Å². The zero-order chi connectivity index (χ0) is 15.2. The highest BCUT2D eigenvalue weighted by molar-refractivity contribution is 6.30. The smallest absolute Gasteiger partial charge is 0.147 e. The van der Waals surface area contributed by atoms with Crippen molar-refractivity contribution in [1.82, 2.24) is 0 Å². The van der Waals surface area contributed by atoms with E-state index in [-0.39, 0.29) is 11.7 Å². The maximum atomic E-state index is 13.8. The fourth-order valence-electron chi connectivity index (χ4n) is 1.97. The van der Waals surface area contributed by atoms with Crippen molar-refractivity contribution in [3.8, 4) is 6.07 Å². The van der Waals surface area contributed by atoms with Gasteiger partial charge in [0, 0.05) is 18.7 Å². The van der Waals surface area contributed by atoms with Crippen LogP contribution in [0.3, 0.4) is 0 Å². The second kappa shape index (κ2) is 7.07. The summed E-state index contributed by atoms with van der Waals surface area (Å²) in [5, 5.41) is 12.3. The largest absolute Gasteiger partial charge is 0.380 e. The molecule has 1 unspecified atom stereocenters. The van der Waals surface area contributed by atoms with Crippen molar-refractivity contribution >= 4 is 17.3 Å². The second-order valence-corrected chi connectivity index (χ2v) is 4.90. The Balaban J connectivity index is 2.09. The standard InChI is InChI=1S/C16H14ClFN2O/c1-21-16(12-3-2-4-13(17)8-12)10-20-15-6-5-11(9-19)7-14(15)18/h2-8,16,20H,10H2,1H3. The molecule has 0 saturated heterocycles. The number of nitrogens with zero attached hydrogens (tertiary/aromatic N) is 1. The summed E-state index contributed by atoms with van der Waals surface area (Å²) in [4.78, 5) is 0. The van der Waals surface area contributed by atoms with Crippen LogP contribution in [0, 0.1) is 17.1 Å². The summed E-state index contributed by atoms with van der Waals surface area (Å²) in [5.41, 5.74) is 1.53. The van der Waals surface area contributed by atoms with E-state index in [4.69, 9.17) is 21.6 Å². The first kappa shape index (κ1) is 15.3. The predicted molar refractivity (Wildman–Crippen MR) is 80.8 cm³/mol. The normalized spacial score (nSPS) is 11.7. The summed E-state index contributed by atoms with van der Waals surface area (Å²) < 4.78 is 19.2. The third kappa shape index (κ3) is 3.94. The van der Waals surface area contributed by atoms with Gasteiger partial charge in [0.25, 0.3) is 0 Å². The molecule has 2 aromatic carbocycles. The Morgan fingerprint density at radius 2 is 2.14 bits per heavy atom. The maximum absolute atomic E-state index is 13.8. The molecular formula is C16H14ClFN2O. The van der Waals surface area contributed by atoms with Crippen LogP contribution in [0.2, 0.25) is 5.02 Å². The molecule has 0 aromatic heterocycles. The number of anilines is 1.